The predicted octanol–water partition coefficient (Wildman–Crippen LogP) is -0.306. The lowest BCUT2D eigenvalue weighted by Gasteiger charge is -2.16. The Morgan fingerprint density at radius 2 is 2.06 bits per heavy atom. The maximum absolute atomic E-state index is 11.5. The lowest BCUT2D eigenvalue weighted by molar-refractivity contribution is -0.141. The number of aliphatic hydroxyl groups is 1. The average molecular weight is 260 g/mol. The molecule has 1 rings (SSSR count). The van der Waals surface area contributed by atoms with E-state index in [0.717, 1.165) is 12.4 Å². The Labute approximate surface area is 101 Å². The highest BCUT2D eigenvalue weighted by Gasteiger charge is 2.25. The van der Waals surface area contributed by atoms with Crippen LogP contribution < -0.4 is 5.32 Å². The summed E-state index contributed by atoms with van der Waals surface area (Å²) in [6.45, 7) is 1.26. The summed E-state index contributed by atoms with van der Waals surface area (Å²) in [7, 11) is 0. The number of carbonyl (C=O) groups is 2. The SMILES string of the molecule is C[C@@H](O)[C@H](NC(=O)c1cnc(Cl)cn1)C(=O)O. The second kappa shape index (κ2) is 5.55. The third-order valence-corrected chi connectivity index (χ3v) is 2.08. The Balaban J connectivity index is 2.77. The van der Waals surface area contributed by atoms with E-state index in [2.05, 4.69) is 15.3 Å². The van der Waals surface area contributed by atoms with Gasteiger partial charge in [-0.1, -0.05) is 11.6 Å². The fourth-order valence-electron chi connectivity index (χ4n) is 1.03. The van der Waals surface area contributed by atoms with Crippen LogP contribution in [0.1, 0.15) is 17.4 Å². The molecule has 1 amide bonds. The van der Waals surface area contributed by atoms with Crippen LogP contribution in [0, 0.1) is 0 Å². The van der Waals surface area contributed by atoms with Crippen molar-refractivity contribution in [3.8, 4) is 0 Å². The van der Waals surface area contributed by atoms with Crippen molar-refractivity contribution in [3.63, 3.8) is 0 Å². The van der Waals surface area contributed by atoms with Crippen LogP contribution in [-0.2, 0) is 4.79 Å². The number of halogens is 1. The Hall–Kier alpha value is -1.73. The molecule has 8 heteroatoms. The van der Waals surface area contributed by atoms with E-state index < -0.39 is 24.0 Å². The number of carbonyl (C=O) groups excluding carboxylic acids is 1. The Bertz CT molecular complexity index is 421. The molecule has 0 saturated carbocycles. The molecule has 7 nitrogen and oxygen atoms in total. The normalized spacial score (nSPS) is 13.8. The number of nitrogens with one attached hydrogen (secondary N) is 1. The van der Waals surface area contributed by atoms with E-state index in [1.54, 1.807) is 0 Å². The Kier molecular flexibility index (Phi) is 4.36. The van der Waals surface area contributed by atoms with Crippen molar-refractivity contribution in [2.45, 2.75) is 19.1 Å². The van der Waals surface area contributed by atoms with E-state index in [1.807, 2.05) is 0 Å². The minimum absolute atomic E-state index is 0.0821. The van der Waals surface area contributed by atoms with Gasteiger partial charge in [0.05, 0.1) is 18.5 Å². The number of carboxylic acids is 1. The van der Waals surface area contributed by atoms with Crippen LogP contribution in [0.15, 0.2) is 12.4 Å². The molecule has 2 atom stereocenters. The number of nitrogens with zero attached hydrogens (tertiary/aromatic N) is 2. The fourth-order valence-corrected chi connectivity index (χ4v) is 1.13. The topological polar surface area (TPSA) is 112 Å². The molecule has 0 radical (unpaired) electrons. The van der Waals surface area contributed by atoms with Crippen LogP contribution in [0.25, 0.3) is 0 Å². The van der Waals surface area contributed by atoms with Gasteiger partial charge in [0, 0.05) is 0 Å². The van der Waals surface area contributed by atoms with Gasteiger partial charge in [-0.05, 0) is 6.92 Å². The summed E-state index contributed by atoms with van der Waals surface area (Å²) in [5.41, 5.74) is -0.0821. The summed E-state index contributed by atoms with van der Waals surface area (Å²) in [6.07, 6.45) is 1.05. The van der Waals surface area contributed by atoms with Crippen molar-refractivity contribution in [3.05, 3.63) is 23.2 Å². The molecule has 17 heavy (non-hydrogen) atoms. The smallest absolute Gasteiger partial charge is 0.328 e. The second-order valence-corrected chi connectivity index (χ2v) is 3.64. The Morgan fingerprint density at radius 1 is 1.41 bits per heavy atom. The predicted molar refractivity (Wildman–Crippen MR) is 57.6 cm³/mol. The van der Waals surface area contributed by atoms with Crippen LogP contribution in [-0.4, -0.2) is 44.2 Å². The van der Waals surface area contributed by atoms with Crippen LogP contribution >= 0.6 is 11.6 Å². The number of carboxylic acid groups (broad SMARTS) is 1. The van der Waals surface area contributed by atoms with E-state index >= 15 is 0 Å². The molecule has 1 aromatic heterocycles. The monoisotopic (exact) mass is 259 g/mol. The van der Waals surface area contributed by atoms with Gasteiger partial charge >= 0.3 is 5.97 Å². The van der Waals surface area contributed by atoms with Crippen LogP contribution in [0.4, 0.5) is 0 Å². The number of rotatable bonds is 4. The summed E-state index contributed by atoms with van der Waals surface area (Å²) in [4.78, 5) is 29.6. The standard InChI is InChI=1S/C9H10ClN3O4/c1-4(14)7(9(16)17)13-8(15)5-2-12-6(10)3-11-5/h2-4,7,14H,1H3,(H,13,15)(H,16,17)/t4-,7+/m1/s1. The molecular formula is C9H10ClN3O4. The molecular weight excluding hydrogens is 250 g/mol. The lowest BCUT2D eigenvalue weighted by Crippen LogP contribution is -2.47. The highest BCUT2D eigenvalue weighted by molar-refractivity contribution is 6.29. The minimum Gasteiger partial charge on any atom is -0.480 e. The second-order valence-electron chi connectivity index (χ2n) is 3.25. The summed E-state index contributed by atoms with van der Waals surface area (Å²) in [5, 5.41) is 20.2. The van der Waals surface area contributed by atoms with Gasteiger partial charge in [0.25, 0.3) is 5.91 Å². The van der Waals surface area contributed by atoms with Crippen molar-refractivity contribution in [2.75, 3.05) is 0 Å². The van der Waals surface area contributed by atoms with Crippen molar-refractivity contribution >= 4 is 23.5 Å². The maximum atomic E-state index is 11.5. The average Bonchev–Trinajstić information content (AvgIpc) is 2.25. The molecule has 1 aromatic rings. The molecule has 0 aliphatic heterocycles. The summed E-state index contributed by atoms with van der Waals surface area (Å²) in [5.74, 6) is -2.09. The first kappa shape index (κ1) is 13.3. The van der Waals surface area contributed by atoms with Crippen LogP contribution in [0.5, 0.6) is 0 Å². The first-order valence-electron chi connectivity index (χ1n) is 4.61. The summed E-state index contributed by atoms with van der Waals surface area (Å²) in [6, 6.07) is -1.40. The molecule has 0 aromatic carbocycles. The number of aliphatic carboxylic acids is 1. The van der Waals surface area contributed by atoms with Gasteiger partial charge in [0.15, 0.2) is 6.04 Å². The molecule has 0 unspecified atom stereocenters. The van der Waals surface area contributed by atoms with Gasteiger partial charge in [-0.25, -0.2) is 14.8 Å². The van der Waals surface area contributed by atoms with E-state index in [9.17, 15) is 9.59 Å². The van der Waals surface area contributed by atoms with Gasteiger partial charge in [0.2, 0.25) is 0 Å². The molecule has 92 valence electrons. The maximum Gasteiger partial charge on any atom is 0.328 e. The largest absolute Gasteiger partial charge is 0.480 e. The van der Waals surface area contributed by atoms with E-state index in [1.165, 1.54) is 6.92 Å². The van der Waals surface area contributed by atoms with Gasteiger partial charge in [0.1, 0.15) is 10.8 Å². The van der Waals surface area contributed by atoms with Crippen molar-refractivity contribution < 1.29 is 19.8 Å². The summed E-state index contributed by atoms with van der Waals surface area (Å²) >= 11 is 5.48. The Morgan fingerprint density at radius 3 is 2.47 bits per heavy atom. The van der Waals surface area contributed by atoms with Crippen molar-refractivity contribution in [1.29, 1.82) is 0 Å². The van der Waals surface area contributed by atoms with Gasteiger partial charge in [-0.2, -0.15) is 0 Å². The van der Waals surface area contributed by atoms with E-state index in [-0.39, 0.29) is 10.8 Å². The quantitative estimate of drug-likeness (QED) is 0.684. The molecule has 0 spiro atoms. The molecule has 0 bridgehead atoms. The van der Waals surface area contributed by atoms with Gasteiger partial charge in [-0.15, -0.1) is 0 Å². The number of hydrogen-bond acceptors (Lipinski definition) is 5. The first-order valence-corrected chi connectivity index (χ1v) is 4.99. The molecule has 0 aliphatic carbocycles. The summed E-state index contributed by atoms with van der Waals surface area (Å²) < 4.78 is 0. The minimum atomic E-state index is -1.40. The lowest BCUT2D eigenvalue weighted by atomic mass is 10.2. The number of aliphatic hydroxyl groups excluding tert-OH is 1. The van der Waals surface area contributed by atoms with Gasteiger partial charge < -0.3 is 15.5 Å². The zero-order valence-corrected chi connectivity index (χ0v) is 9.55. The van der Waals surface area contributed by atoms with Crippen LogP contribution in [0.3, 0.4) is 0 Å². The highest BCUT2D eigenvalue weighted by Crippen LogP contribution is 2.02. The molecule has 0 saturated heterocycles. The number of aromatic nitrogens is 2. The molecule has 3 N–H and O–H groups in total. The zero-order valence-electron chi connectivity index (χ0n) is 8.79. The molecule has 0 fully saturated rings. The van der Waals surface area contributed by atoms with E-state index in [4.69, 9.17) is 21.8 Å². The first-order chi connectivity index (χ1) is 7.91. The third kappa shape index (κ3) is 3.65. The fraction of sp³-hybridized carbons (Fsp3) is 0.333. The molecule has 0 aliphatic rings. The third-order valence-electron chi connectivity index (χ3n) is 1.89. The van der Waals surface area contributed by atoms with Crippen molar-refractivity contribution in [1.82, 2.24) is 15.3 Å². The number of hydrogen-bond donors (Lipinski definition) is 3. The van der Waals surface area contributed by atoms with Crippen LogP contribution in [0.2, 0.25) is 5.15 Å². The zero-order chi connectivity index (χ0) is 13.0. The highest BCUT2D eigenvalue weighted by atomic mass is 35.5. The van der Waals surface area contributed by atoms with Crippen molar-refractivity contribution in [2.24, 2.45) is 0 Å². The molecule has 1 heterocycles. The van der Waals surface area contributed by atoms with Gasteiger partial charge in [-0.3, -0.25) is 4.79 Å². The number of amides is 1. The van der Waals surface area contributed by atoms with E-state index in [0.29, 0.717) is 0 Å².